The second kappa shape index (κ2) is 9.25. The van der Waals surface area contributed by atoms with E-state index in [0.29, 0.717) is 11.3 Å². The summed E-state index contributed by atoms with van der Waals surface area (Å²) >= 11 is 0. The first-order valence-electron chi connectivity index (χ1n) is 8.39. The molecule has 0 fully saturated rings. The summed E-state index contributed by atoms with van der Waals surface area (Å²) < 4.78 is 48.4. The maximum Gasteiger partial charge on any atom is 0.416 e. The summed E-state index contributed by atoms with van der Waals surface area (Å²) in [5.41, 5.74) is 0.0318. The SMILES string of the molecule is COC(=O)[C@H](Cc1ccccc1OC)NC(=O)Cc1cccc(C(F)(F)F)c1. The van der Waals surface area contributed by atoms with Gasteiger partial charge in [-0.15, -0.1) is 0 Å². The van der Waals surface area contributed by atoms with Gasteiger partial charge >= 0.3 is 12.1 Å². The van der Waals surface area contributed by atoms with E-state index in [2.05, 4.69) is 5.32 Å². The first kappa shape index (κ1) is 21.3. The van der Waals surface area contributed by atoms with Crippen molar-refractivity contribution < 1.29 is 32.2 Å². The van der Waals surface area contributed by atoms with Gasteiger partial charge < -0.3 is 14.8 Å². The minimum absolute atomic E-state index is 0.116. The molecule has 0 spiro atoms. The summed E-state index contributed by atoms with van der Waals surface area (Å²) in [6, 6.07) is 10.5. The Morgan fingerprint density at radius 1 is 1.07 bits per heavy atom. The fourth-order valence-corrected chi connectivity index (χ4v) is 2.72. The number of carbonyl (C=O) groups excluding carboxylic acids is 2. The van der Waals surface area contributed by atoms with Gasteiger partial charge in [-0.1, -0.05) is 36.4 Å². The molecule has 2 aromatic rings. The van der Waals surface area contributed by atoms with Gasteiger partial charge in [-0.2, -0.15) is 13.2 Å². The van der Waals surface area contributed by atoms with Crippen LogP contribution in [0.25, 0.3) is 0 Å². The fraction of sp³-hybridized carbons (Fsp3) is 0.300. The Bertz CT molecular complexity index is 836. The minimum Gasteiger partial charge on any atom is -0.496 e. The number of alkyl halides is 3. The highest BCUT2D eigenvalue weighted by molar-refractivity contribution is 5.86. The van der Waals surface area contributed by atoms with Gasteiger partial charge in [-0.3, -0.25) is 4.79 Å². The highest BCUT2D eigenvalue weighted by atomic mass is 19.4. The predicted octanol–water partition coefficient (Wildman–Crippen LogP) is 3.16. The van der Waals surface area contributed by atoms with Crippen molar-refractivity contribution in [2.24, 2.45) is 0 Å². The summed E-state index contributed by atoms with van der Waals surface area (Å²) in [4.78, 5) is 24.4. The molecule has 0 aromatic heterocycles. The number of carbonyl (C=O) groups is 2. The Morgan fingerprint density at radius 2 is 1.79 bits per heavy atom. The lowest BCUT2D eigenvalue weighted by Crippen LogP contribution is -2.43. The number of ether oxygens (including phenoxy) is 2. The highest BCUT2D eigenvalue weighted by Gasteiger charge is 2.30. The molecule has 0 aliphatic heterocycles. The van der Waals surface area contributed by atoms with Gasteiger partial charge in [-0.25, -0.2) is 4.79 Å². The van der Waals surface area contributed by atoms with Crippen molar-refractivity contribution in [3.63, 3.8) is 0 Å². The molecule has 0 aliphatic rings. The number of benzene rings is 2. The predicted molar refractivity (Wildman–Crippen MR) is 95.8 cm³/mol. The van der Waals surface area contributed by atoms with Gasteiger partial charge in [0.05, 0.1) is 26.2 Å². The van der Waals surface area contributed by atoms with Gasteiger partial charge in [-0.05, 0) is 23.3 Å². The van der Waals surface area contributed by atoms with E-state index in [1.54, 1.807) is 24.3 Å². The van der Waals surface area contributed by atoms with Gasteiger partial charge in [0, 0.05) is 6.42 Å². The van der Waals surface area contributed by atoms with Crippen LogP contribution in [0.3, 0.4) is 0 Å². The average Bonchev–Trinajstić information content (AvgIpc) is 2.66. The van der Waals surface area contributed by atoms with E-state index in [0.717, 1.165) is 12.1 Å². The summed E-state index contributed by atoms with van der Waals surface area (Å²) in [6.07, 6.45) is -4.68. The number of nitrogens with one attached hydrogen (secondary N) is 1. The Labute approximate surface area is 160 Å². The van der Waals surface area contributed by atoms with Gasteiger partial charge in [0.25, 0.3) is 0 Å². The highest BCUT2D eigenvalue weighted by Crippen LogP contribution is 2.29. The molecule has 0 heterocycles. The maximum atomic E-state index is 12.8. The lowest BCUT2D eigenvalue weighted by atomic mass is 10.0. The topological polar surface area (TPSA) is 64.6 Å². The zero-order valence-electron chi connectivity index (χ0n) is 15.4. The van der Waals surface area contributed by atoms with Crippen LogP contribution in [0.4, 0.5) is 13.2 Å². The third-order valence-electron chi connectivity index (χ3n) is 4.06. The standard InChI is InChI=1S/C20H20F3NO4/c1-27-17-9-4-3-7-14(17)12-16(19(26)28-2)24-18(25)11-13-6-5-8-15(10-13)20(21,22)23/h3-10,16H,11-12H2,1-2H3,(H,24,25)/t16-/m0/s1. The van der Waals surface area contributed by atoms with Crippen LogP contribution in [-0.2, 0) is 33.3 Å². The number of para-hydroxylation sites is 1. The number of hydrogen-bond donors (Lipinski definition) is 1. The Kier molecular flexibility index (Phi) is 7.03. The molecule has 0 unspecified atom stereocenters. The number of amides is 1. The van der Waals surface area contributed by atoms with E-state index in [4.69, 9.17) is 9.47 Å². The number of esters is 1. The van der Waals surface area contributed by atoms with Crippen LogP contribution in [0.15, 0.2) is 48.5 Å². The molecule has 28 heavy (non-hydrogen) atoms. The van der Waals surface area contributed by atoms with E-state index in [1.807, 2.05) is 0 Å². The van der Waals surface area contributed by atoms with Crippen molar-refractivity contribution in [2.75, 3.05) is 14.2 Å². The van der Waals surface area contributed by atoms with Crippen LogP contribution in [0.2, 0.25) is 0 Å². The van der Waals surface area contributed by atoms with Crippen molar-refractivity contribution in [3.05, 3.63) is 65.2 Å². The third-order valence-corrected chi connectivity index (χ3v) is 4.06. The molecule has 1 amide bonds. The van der Waals surface area contributed by atoms with Gasteiger partial charge in [0.2, 0.25) is 5.91 Å². The summed E-state index contributed by atoms with van der Waals surface area (Å²) in [5, 5.41) is 2.52. The van der Waals surface area contributed by atoms with Crippen molar-refractivity contribution >= 4 is 11.9 Å². The van der Waals surface area contributed by atoms with Crippen LogP contribution < -0.4 is 10.1 Å². The lowest BCUT2D eigenvalue weighted by molar-refractivity contribution is -0.145. The first-order chi connectivity index (χ1) is 13.2. The van der Waals surface area contributed by atoms with E-state index in [-0.39, 0.29) is 18.4 Å². The van der Waals surface area contributed by atoms with Crippen LogP contribution in [0.5, 0.6) is 5.75 Å². The van der Waals surface area contributed by atoms with Crippen molar-refractivity contribution in [2.45, 2.75) is 25.1 Å². The first-order valence-corrected chi connectivity index (χ1v) is 8.39. The maximum absolute atomic E-state index is 12.8. The summed E-state index contributed by atoms with van der Waals surface area (Å²) in [7, 11) is 2.68. The molecule has 0 radical (unpaired) electrons. The summed E-state index contributed by atoms with van der Waals surface area (Å²) in [5.74, 6) is -0.712. The molecule has 0 aliphatic carbocycles. The largest absolute Gasteiger partial charge is 0.496 e. The fourth-order valence-electron chi connectivity index (χ4n) is 2.72. The van der Waals surface area contributed by atoms with E-state index >= 15 is 0 Å². The number of rotatable bonds is 7. The monoisotopic (exact) mass is 395 g/mol. The summed E-state index contributed by atoms with van der Waals surface area (Å²) in [6.45, 7) is 0. The zero-order chi connectivity index (χ0) is 20.7. The second-order valence-corrected chi connectivity index (χ2v) is 6.03. The zero-order valence-corrected chi connectivity index (χ0v) is 15.4. The number of halogens is 3. The number of hydrogen-bond acceptors (Lipinski definition) is 4. The van der Waals surface area contributed by atoms with E-state index < -0.39 is 29.7 Å². The third kappa shape index (κ3) is 5.73. The molecular formula is C20H20F3NO4. The molecule has 2 rings (SSSR count). The molecule has 150 valence electrons. The molecular weight excluding hydrogens is 375 g/mol. The smallest absolute Gasteiger partial charge is 0.416 e. The van der Waals surface area contributed by atoms with Crippen LogP contribution in [0.1, 0.15) is 16.7 Å². The quantitative estimate of drug-likeness (QED) is 0.732. The molecule has 0 bridgehead atoms. The Balaban J connectivity index is 2.12. The second-order valence-electron chi connectivity index (χ2n) is 6.03. The molecule has 0 saturated carbocycles. The molecule has 5 nitrogen and oxygen atoms in total. The molecule has 1 N–H and O–H groups in total. The van der Waals surface area contributed by atoms with Crippen LogP contribution in [0, 0.1) is 0 Å². The van der Waals surface area contributed by atoms with Crippen LogP contribution >= 0.6 is 0 Å². The van der Waals surface area contributed by atoms with Crippen molar-refractivity contribution in [1.29, 1.82) is 0 Å². The lowest BCUT2D eigenvalue weighted by Gasteiger charge is -2.18. The van der Waals surface area contributed by atoms with E-state index in [9.17, 15) is 22.8 Å². The Hall–Kier alpha value is -3.03. The average molecular weight is 395 g/mol. The van der Waals surface area contributed by atoms with Crippen LogP contribution in [-0.4, -0.2) is 32.1 Å². The normalized spacial score (nSPS) is 12.2. The van der Waals surface area contributed by atoms with Crippen molar-refractivity contribution in [1.82, 2.24) is 5.32 Å². The van der Waals surface area contributed by atoms with Gasteiger partial charge in [0.1, 0.15) is 11.8 Å². The van der Waals surface area contributed by atoms with Gasteiger partial charge in [0.15, 0.2) is 0 Å². The molecule has 2 aromatic carbocycles. The van der Waals surface area contributed by atoms with E-state index in [1.165, 1.54) is 26.4 Å². The minimum atomic E-state index is -4.50. The molecule has 1 atom stereocenters. The Morgan fingerprint density at radius 3 is 2.43 bits per heavy atom. The number of methoxy groups -OCH3 is 2. The molecule has 8 heteroatoms. The van der Waals surface area contributed by atoms with Crippen molar-refractivity contribution in [3.8, 4) is 5.75 Å². The molecule has 0 saturated heterocycles.